The fourth-order valence-corrected chi connectivity index (χ4v) is 3.80. The van der Waals surface area contributed by atoms with Gasteiger partial charge in [0.25, 0.3) is 0 Å². The van der Waals surface area contributed by atoms with Gasteiger partial charge in [-0.15, -0.1) is 0 Å². The molecule has 2 fully saturated rings. The number of urea groups is 1. The van der Waals surface area contributed by atoms with Crippen LogP contribution in [0, 0.1) is 0 Å². The molecule has 1 aliphatic carbocycles. The number of hydrogen-bond donors (Lipinski definition) is 2. The van der Waals surface area contributed by atoms with Crippen LogP contribution in [0.1, 0.15) is 37.5 Å². The van der Waals surface area contributed by atoms with Gasteiger partial charge in [-0.2, -0.15) is 0 Å². The normalized spacial score (nSPS) is 17.6. The third-order valence-electron chi connectivity index (χ3n) is 5.54. The van der Waals surface area contributed by atoms with E-state index < -0.39 is 0 Å². The van der Waals surface area contributed by atoms with E-state index in [1.54, 1.807) is 0 Å². The van der Waals surface area contributed by atoms with Crippen molar-refractivity contribution in [3.8, 4) is 0 Å². The average molecular weight is 376 g/mol. The quantitative estimate of drug-likeness (QED) is 0.704. The second-order valence-electron chi connectivity index (χ2n) is 7.70. The Morgan fingerprint density at radius 2 is 1.82 bits per heavy atom. The Kier molecular flexibility index (Phi) is 4.39. The lowest BCUT2D eigenvalue weighted by Gasteiger charge is -2.33. The zero-order valence-corrected chi connectivity index (χ0v) is 15.7. The fourth-order valence-electron chi connectivity index (χ4n) is 3.80. The van der Waals surface area contributed by atoms with E-state index in [1.165, 1.54) is 5.69 Å². The molecule has 1 saturated heterocycles. The lowest BCUT2D eigenvalue weighted by molar-refractivity contribution is 0.246. The molecule has 0 unspecified atom stereocenters. The number of oxazole rings is 1. The second-order valence-corrected chi connectivity index (χ2v) is 7.70. The van der Waals surface area contributed by atoms with E-state index in [-0.39, 0.29) is 12.1 Å². The summed E-state index contributed by atoms with van der Waals surface area (Å²) < 4.78 is 5.78. The highest BCUT2D eigenvalue weighted by molar-refractivity contribution is 5.91. The van der Waals surface area contributed by atoms with Crippen LogP contribution < -0.4 is 15.5 Å². The molecule has 2 N–H and O–H groups in total. The Labute approximate surface area is 163 Å². The molecule has 6 heteroatoms. The van der Waals surface area contributed by atoms with Crippen LogP contribution in [0.4, 0.5) is 16.2 Å². The van der Waals surface area contributed by atoms with Crippen LogP contribution in [0.3, 0.4) is 0 Å². The van der Waals surface area contributed by atoms with E-state index >= 15 is 0 Å². The summed E-state index contributed by atoms with van der Waals surface area (Å²) in [4.78, 5) is 19.3. The average Bonchev–Trinajstić information content (AvgIpc) is 3.48. The zero-order valence-electron chi connectivity index (χ0n) is 15.7. The summed E-state index contributed by atoms with van der Waals surface area (Å²) in [5.41, 5.74) is 3.57. The van der Waals surface area contributed by atoms with E-state index in [1.807, 2.05) is 24.3 Å². The largest absolute Gasteiger partial charge is 0.440 e. The SMILES string of the molecule is O=C(Nc1ccc2oc(C3CC3)nc2c1)NC1CCN(c2ccccc2)CC1. The molecule has 6 nitrogen and oxygen atoms in total. The van der Waals surface area contributed by atoms with Gasteiger partial charge in [0.1, 0.15) is 5.52 Å². The van der Waals surface area contributed by atoms with Crippen LogP contribution in [0.15, 0.2) is 52.9 Å². The number of nitrogens with one attached hydrogen (secondary N) is 2. The molecular formula is C22H24N4O2. The Morgan fingerprint density at radius 1 is 1.04 bits per heavy atom. The number of hydrogen-bond acceptors (Lipinski definition) is 4. The summed E-state index contributed by atoms with van der Waals surface area (Å²) >= 11 is 0. The smallest absolute Gasteiger partial charge is 0.319 e. The van der Waals surface area contributed by atoms with Crippen LogP contribution >= 0.6 is 0 Å². The van der Waals surface area contributed by atoms with Gasteiger partial charge in [-0.3, -0.25) is 0 Å². The molecule has 0 spiro atoms. The first kappa shape index (κ1) is 17.1. The number of anilines is 2. The van der Waals surface area contributed by atoms with E-state index in [0.717, 1.165) is 61.5 Å². The zero-order chi connectivity index (χ0) is 18.9. The first-order valence-corrected chi connectivity index (χ1v) is 10.0. The van der Waals surface area contributed by atoms with Gasteiger partial charge in [0.2, 0.25) is 0 Å². The minimum atomic E-state index is -0.163. The van der Waals surface area contributed by atoms with Crippen molar-refractivity contribution in [1.29, 1.82) is 0 Å². The van der Waals surface area contributed by atoms with Gasteiger partial charge in [0, 0.05) is 36.4 Å². The van der Waals surface area contributed by atoms with Crippen molar-refractivity contribution in [2.45, 2.75) is 37.6 Å². The molecule has 144 valence electrons. The van der Waals surface area contributed by atoms with E-state index in [0.29, 0.717) is 5.92 Å². The number of amides is 2. The predicted molar refractivity (Wildman–Crippen MR) is 110 cm³/mol. The summed E-state index contributed by atoms with van der Waals surface area (Å²) in [6.45, 7) is 1.90. The minimum Gasteiger partial charge on any atom is -0.440 e. The third-order valence-corrected chi connectivity index (χ3v) is 5.54. The van der Waals surface area contributed by atoms with E-state index in [4.69, 9.17) is 4.42 Å². The van der Waals surface area contributed by atoms with Crippen LogP contribution in [-0.2, 0) is 0 Å². The van der Waals surface area contributed by atoms with Gasteiger partial charge in [0.05, 0.1) is 0 Å². The molecule has 2 amide bonds. The number of piperidine rings is 1. The number of carbonyl (C=O) groups is 1. The van der Waals surface area contributed by atoms with Crippen LogP contribution in [-0.4, -0.2) is 30.1 Å². The number of carbonyl (C=O) groups excluding carboxylic acids is 1. The van der Waals surface area contributed by atoms with E-state index in [2.05, 4.69) is 44.8 Å². The molecule has 0 bridgehead atoms. The Balaban J connectivity index is 1.16. The molecule has 2 aromatic carbocycles. The lowest BCUT2D eigenvalue weighted by atomic mass is 10.0. The van der Waals surface area contributed by atoms with Gasteiger partial charge in [0.15, 0.2) is 11.5 Å². The second kappa shape index (κ2) is 7.19. The molecule has 5 rings (SSSR count). The van der Waals surface area contributed by atoms with Gasteiger partial charge in [-0.25, -0.2) is 9.78 Å². The minimum absolute atomic E-state index is 0.163. The fraction of sp³-hybridized carbons (Fsp3) is 0.364. The van der Waals surface area contributed by atoms with Crippen LogP contribution in [0.2, 0.25) is 0 Å². The number of para-hydroxylation sites is 1. The summed E-state index contributed by atoms with van der Waals surface area (Å²) in [6.07, 6.45) is 4.19. The Bertz CT molecular complexity index is 973. The van der Waals surface area contributed by atoms with Crippen molar-refractivity contribution in [2.24, 2.45) is 0 Å². The van der Waals surface area contributed by atoms with Crippen molar-refractivity contribution in [1.82, 2.24) is 10.3 Å². The molecule has 2 aliphatic rings. The molecule has 1 aliphatic heterocycles. The maximum Gasteiger partial charge on any atom is 0.319 e. The molecule has 28 heavy (non-hydrogen) atoms. The third kappa shape index (κ3) is 3.67. The predicted octanol–water partition coefficient (Wildman–Crippen LogP) is 4.50. The van der Waals surface area contributed by atoms with Crippen molar-refractivity contribution < 1.29 is 9.21 Å². The molecule has 0 radical (unpaired) electrons. The topological polar surface area (TPSA) is 70.4 Å². The van der Waals surface area contributed by atoms with Crippen molar-refractivity contribution in [3.05, 3.63) is 54.4 Å². The first-order valence-electron chi connectivity index (χ1n) is 10.0. The van der Waals surface area contributed by atoms with E-state index in [9.17, 15) is 4.79 Å². The van der Waals surface area contributed by atoms with Crippen LogP contribution in [0.5, 0.6) is 0 Å². The van der Waals surface area contributed by atoms with Gasteiger partial charge >= 0.3 is 6.03 Å². The highest BCUT2D eigenvalue weighted by atomic mass is 16.3. The highest BCUT2D eigenvalue weighted by Crippen LogP contribution is 2.40. The van der Waals surface area contributed by atoms with Crippen molar-refractivity contribution >= 4 is 28.5 Å². The van der Waals surface area contributed by atoms with Crippen molar-refractivity contribution in [2.75, 3.05) is 23.3 Å². The van der Waals surface area contributed by atoms with Gasteiger partial charge in [-0.1, -0.05) is 18.2 Å². The summed E-state index contributed by atoms with van der Waals surface area (Å²) in [7, 11) is 0. The lowest BCUT2D eigenvalue weighted by Crippen LogP contribution is -2.46. The summed E-state index contributed by atoms with van der Waals surface area (Å²) in [6, 6.07) is 16.1. The molecule has 2 heterocycles. The highest BCUT2D eigenvalue weighted by Gasteiger charge is 2.29. The number of nitrogens with zero attached hydrogens (tertiary/aromatic N) is 2. The molecule has 0 atom stereocenters. The van der Waals surface area contributed by atoms with Gasteiger partial charge < -0.3 is 20.0 Å². The molecule has 3 aromatic rings. The maximum absolute atomic E-state index is 12.4. The molecule has 1 saturated carbocycles. The standard InChI is InChI=1S/C22H24N4O2/c27-22(23-16-10-12-26(13-11-16)18-4-2-1-3-5-18)24-17-8-9-20-19(14-17)25-21(28-20)15-6-7-15/h1-5,8-9,14-16H,6-7,10-13H2,(H2,23,24,27). The number of aromatic nitrogens is 1. The summed E-state index contributed by atoms with van der Waals surface area (Å²) in [5.74, 6) is 1.30. The Hall–Kier alpha value is -3.02. The number of fused-ring (bicyclic) bond motifs is 1. The number of rotatable bonds is 4. The summed E-state index contributed by atoms with van der Waals surface area (Å²) in [5, 5.41) is 6.03. The number of benzene rings is 2. The van der Waals surface area contributed by atoms with Crippen LogP contribution in [0.25, 0.3) is 11.1 Å². The molecule has 1 aromatic heterocycles. The molecular weight excluding hydrogens is 352 g/mol. The monoisotopic (exact) mass is 376 g/mol. The first-order chi connectivity index (χ1) is 13.7. The Morgan fingerprint density at radius 3 is 2.57 bits per heavy atom. The maximum atomic E-state index is 12.4. The van der Waals surface area contributed by atoms with Crippen molar-refractivity contribution in [3.63, 3.8) is 0 Å². The van der Waals surface area contributed by atoms with Gasteiger partial charge in [-0.05, 0) is 56.0 Å².